The van der Waals surface area contributed by atoms with Gasteiger partial charge < -0.3 is 9.88 Å². The monoisotopic (exact) mass is 293 g/mol. The molecule has 0 saturated carbocycles. The minimum absolute atomic E-state index is 0.0324. The number of nitro groups is 1. The standard InChI is InChI=1S/C13H12ClN3O3/c14-10-3-4-12(17(19)20)11(9-10)13(18)15-5-8-16-6-1-2-7-16/h1-4,6-7,9H,5,8H2,(H,15,18). The molecule has 0 unspecified atom stereocenters. The number of benzene rings is 1. The lowest BCUT2D eigenvalue weighted by atomic mass is 10.1. The number of nitro benzene ring substituents is 1. The third kappa shape index (κ3) is 3.36. The first-order valence-corrected chi connectivity index (χ1v) is 6.28. The number of aromatic nitrogens is 1. The topological polar surface area (TPSA) is 77.2 Å². The van der Waals surface area contributed by atoms with Gasteiger partial charge in [-0.2, -0.15) is 0 Å². The fourth-order valence-electron chi connectivity index (χ4n) is 1.76. The maximum Gasteiger partial charge on any atom is 0.282 e. The Morgan fingerprint density at radius 3 is 2.70 bits per heavy atom. The van der Waals surface area contributed by atoms with Crippen molar-refractivity contribution in [2.24, 2.45) is 0 Å². The van der Waals surface area contributed by atoms with E-state index in [4.69, 9.17) is 11.6 Å². The van der Waals surface area contributed by atoms with Gasteiger partial charge in [-0.25, -0.2) is 0 Å². The summed E-state index contributed by atoms with van der Waals surface area (Å²) in [4.78, 5) is 22.2. The van der Waals surface area contributed by atoms with Gasteiger partial charge in [0.25, 0.3) is 11.6 Å². The normalized spacial score (nSPS) is 10.2. The van der Waals surface area contributed by atoms with Crippen LogP contribution in [0.3, 0.4) is 0 Å². The number of hydrogen-bond donors (Lipinski definition) is 1. The summed E-state index contributed by atoms with van der Waals surface area (Å²) in [5, 5.41) is 13.8. The maximum absolute atomic E-state index is 12.0. The number of amides is 1. The van der Waals surface area contributed by atoms with Crippen molar-refractivity contribution in [2.45, 2.75) is 6.54 Å². The van der Waals surface area contributed by atoms with Crippen molar-refractivity contribution in [3.8, 4) is 0 Å². The van der Waals surface area contributed by atoms with E-state index in [2.05, 4.69) is 5.32 Å². The molecule has 1 aromatic carbocycles. The summed E-state index contributed by atoms with van der Waals surface area (Å²) in [5.41, 5.74) is -0.289. The summed E-state index contributed by atoms with van der Waals surface area (Å²) < 4.78 is 1.90. The highest BCUT2D eigenvalue weighted by Crippen LogP contribution is 2.22. The molecule has 104 valence electrons. The number of hydrogen-bond acceptors (Lipinski definition) is 3. The third-order valence-electron chi connectivity index (χ3n) is 2.72. The van der Waals surface area contributed by atoms with Gasteiger partial charge >= 0.3 is 0 Å². The lowest BCUT2D eigenvalue weighted by Gasteiger charge is -2.07. The van der Waals surface area contributed by atoms with Crippen LogP contribution in [0, 0.1) is 10.1 Å². The molecule has 0 aliphatic rings. The summed E-state index contributed by atoms with van der Waals surface area (Å²) in [6.45, 7) is 0.963. The van der Waals surface area contributed by atoms with Gasteiger partial charge in [0, 0.05) is 36.6 Å². The quantitative estimate of drug-likeness (QED) is 0.679. The smallest absolute Gasteiger partial charge is 0.282 e. The Labute approximate surface area is 120 Å². The van der Waals surface area contributed by atoms with E-state index in [9.17, 15) is 14.9 Å². The number of carbonyl (C=O) groups is 1. The second-order valence-electron chi connectivity index (χ2n) is 4.10. The van der Waals surface area contributed by atoms with E-state index in [0.29, 0.717) is 13.1 Å². The highest BCUT2D eigenvalue weighted by Gasteiger charge is 2.19. The Bertz CT molecular complexity index is 626. The predicted molar refractivity (Wildman–Crippen MR) is 74.9 cm³/mol. The number of nitrogens with zero attached hydrogens (tertiary/aromatic N) is 2. The molecule has 1 amide bonds. The Balaban J connectivity index is 2.05. The van der Waals surface area contributed by atoms with Gasteiger partial charge in [-0.15, -0.1) is 0 Å². The first-order valence-electron chi connectivity index (χ1n) is 5.91. The average Bonchev–Trinajstić information content (AvgIpc) is 2.91. The number of nitrogens with one attached hydrogen (secondary N) is 1. The molecule has 0 aliphatic carbocycles. The molecule has 0 saturated heterocycles. The first kappa shape index (κ1) is 14.1. The van der Waals surface area contributed by atoms with Crippen LogP contribution < -0.4 is 5.32 Å². The van der Waals surface area contributed by atoms with Gasteiger partial charge in [-0.3, -0.25) is 14.9 Å². The summed E-state index contributed by atoms with van der Waals surface area (Å²) in [6.07, 6.45) is 3.74. The Morgan fingerprint density at radius 2 is 2.05 bits per heavy atom. The lowest BCUT2D eigenvalue weighted by molar-refractivity contribution is -0.385. The molecule has 0 atom stereocenters. The van der Waals surface area contributed by atoms with Crippen LogP contribution in [-0.2, 0) is 6.54 Å². The summed E-state index contributed by atoms with van der Waals surface area (Å²) >= 11 is 5.77. The van der Waals surface area contributed by atoms with Gasteiger partial charge in [0.05, 0.1) is 4.92 Å². The molecule has 2 rings (SSSR count). The molecule has 0 aliphatic heterocycles. The zero-order valence-electron chi connectivity index (χ0n) is 10.5. The molecular weight excluding hydrogens is 282 g/mol. The zero-order valence-corrected chi connectivity index (χ0v) is 11.2. The third-order valence-corrected chi connectivity index (χ3v) is 2.96. The van der Waals surface area contributed by atoms with Crippen molar-refractivity contribution in [2.75, 3.05) is 6.54 Å². The van der Waals surface area contributed by atoms with Gasteiger partial charge in [-0.05, 0) is 24.3 Å². The van der Waals surface area contributed by atoms with Crippen LogP contribution in [0.5, 0.6) is 0 Å². The largest absolute Gasteiger partial charge is 0.353 e. The summed E-state index contributed by atoms with van der Waals surface area (Å²) in [7, 11) is 0. The average molecular weight is 294 g/mol. The van der Waals surface area contributed by atoms with E-state index in [-0.39, 0.29) is 16.3 Å². The SMILES string of the molecule is O=C(NCCn1cccc1)c1cc(Cl)ccc1[N+](=O)[O-]. The van der Waals surface area contributed by atoms with Crippen LogP contribution in [-0.4, -0.2) is 21.9 Å². The highest BCUT2D eigenvalue weighted by molar-refractivity contribution is 6.31. The highest BCUT2D eigenvalue weighted by atomic mass is 35.5. The molecule has 1 heterocycles. The molecular formula is C13H12ClN3O3. The maximum atomic E-state index is 12.0. The van der Waals surface area contributed by atoms with E-state index in [1.807, 2.05) is 29.1 Å². The Hall–Kier alpha value is -2.34. The molecule has 1 aromatic heterocycles. The second-order valence-corrected chi connectivity index (χ2v) is 4.53. The van der Waals surface area contributed by atoms with E-state index in [1.165, 1.54) is 18.2 Å². The van der Waals surface area contributed by atoms with Crippen LogP contribution >= 0.6 is 11.6 Å². The second kappa shape index (κ2) is 6.21. The van der Waals surface area contributed by atoms with Crippen molar-refractivity contribution in [1.29, 1.82) is 0 Å². The summed E-state index contributed by atoms with van der Waals surface area (Å²) in [5.74, 6) is -0.508. The van der Waals surface area contributed by atoms with Crippen molar-refractivity contribution in [1.82, 2.24) is 9.88 Å². The van der Waals surface area contributed by atoms with Gasteiger partial charge in [0.15, 0.2) is 0 Å². The van der Waals surface area contributed by atoms with E-state index in [1.54, 1.807) is 0 Å². The molecule has 6 nitrogen and oxygen atoms in total. The number of carbonyl (C=O) groups excluding carboxylic acids is 1. The van der Waals surface area contributed by atoms with Gasteiger partial charge in [-0.1, -0.05) is 11.6 Å². The van der Waals surface area contributed by atoms with E-state index >= 15 is 0 Å². The molecule has 2 aromatic rings. The Kier molecular flexibility index (Phi) is 4.37. The molecule has 0 spiro atoms. The van der Waals surface area contributed by atoms with Crippen molar-refractivity contribution < 1.29 is 9.72 Å². The first-order chi connectivity index (χ1) is 9.58. The number of rotatable bonds is 5. The van der Waals surface area contributed by atoms with Crippen molar-refractivity contribution in [3.63, 3.8) is 0 Å². The minimum atomic E-state index is -0.600. The molecule has 20 heavy (non-hydrogen) atoms. The van der Waals surface area contributed by atoms with Crippen LogP contribution in [0.25, 0.3) is 0 Å². The Morgan fingerprint density at radius 1 is 1.35 bits per heavy atom. The van der Waals surface area contributed by atoms with Gasteiger partial charge in [0.1, 0.15) is 5.56 Å². The molecule has 7 heteroatoms. The minimum Gasteiger partial charge on any atom is -0.353 e. The summed E-state index contributed by atoms with van der Waals surface area (Å²) in [6, 6.07) is 7.66. The van der Waals surface area contributed by atoms with Crippen molar-refractivity contribution >= 4 is 23.2 Å². The molecule has 1 N–H and O–H groups in total. The van der Waals surface area contributed by atoms with Crippen LogP contribution in [0.2, 0.25) is 5.02 Å². The fraction of sp³-hybridized carbons (Fsp3) is 0.154. The van der Waals surface area contributed by atoms with Crippen LogP contribution in [0.4, 0.5) is 5.69 Å². The van der Waals surface area contributed by atoms with E-state index < -0.39 is 10.8 Å². The van der Waals surface area contributed by atoms with Crippen molar-refractivity contribution in [3.05, 3.63) is 63.4 Å². The van der Waals surface area contributed by atoms with Crippen LogP contribution in [0.1, 0.15) is 10.4 Å². The van der Waals surface area contributed by atoms with Crippen LogP contribution in [0.15, 0.2) is 42.7 Å². The van der Waals surface area contributed by atoms with E-state index in [0.717, 1.165) is 0 Å². The zero-order chi connectivity index (χ0) is 14.5. The van der Waals surface area contributed by atoms with Gasteiger partial charge in [0.2, 0.25) is 0 Å². The molecule has 0 radical (unpaired) electrons. The predicted octanol–water partition coefficient (Wildman–Crippen LogP) is 2.48. The molecule has 0 fully saturated rings. The molecule has 0 bridgehead atoms. The fourth-order valence-corrected chi connectivity index (χ4v) is 1.93. The number of halogens is 1. The lowest BCUT2D eigenvalue weighted by Crippen LogP contribution is -2.27.